The largest absolute Gasteiger partial charge is 0.0778 e. The Morgan fingerprint density at radius 2 is 2.00 bits per heavy atom. The van der Waals surface area contributed by atoms with E-state index in [1.54, 1.807) is 5.17 Å². The average molecular weight is 150 g/mol. The number of hydrogen-bond acceptors (Lipinski definition) is 0. The summed E-state index contributed by atoms with van der Waals surface area (Å²) in [6.07, 6.45) is 0. The van der Waals surface area contributed by atoms with Crippen LogP contribution < -0.4 is 0 Å². The molecule has 0 saturated carbocycles. The fourth-order valence-electron chi connectivity index (χ4n) is 1.23. The Labute approximate surface area is 64.4 Å². The maximum absolute atomic E-state index is 2.35. The van der Waals surface area contributed by atoms with Gasteiger partial charge in [-0.2, -0.15) is 0 Å². The van der Waals surface area contributed by atoms with Gasteiger partial charge in [0, 0.05) is 8.40 Å². The average Bonchev–Trinajstić information content (AvgIpc) is 1.88. The summed E-state index contributed by atoms with van der Waals surface area (Å²) in [4.78, 5) is 0. The Morgan fingerprint density at radius 1 is 1.30 bits per heavy atom. The van der Waals surface area contributed by atoms with E-state index in [0.717, 1.165) is 5.92 Å². The minimum atomic E-state index is -0.282. The summed E-state index contributed by atoms with van der Waals surface area (Å²) in [6.45, 7) is 6.89. The minimum absolute atomic E-state index is 0.282. The molecule has 0 aromatic carbocycles. The van der Waals surface area contributed by atoms with Crippen LogP contribution in [0.5, 0.6) is 0 Å². The Balaban J connectivity index is 3.03. The third-order valence-corrected chi connectivity index (χ3v) is 4.16. The lowest BCUT2D eigenvalue weighted by Crippen LogP contribution is -2.02. The topological polar surface area (TPSA) is 0 Å². The molecule has 0 radical (unpaired) electrons. The second-order valence-corrected chi connectivity index (χ2v) is 5.29. The van der Waals surface area contributed by atoms with Crippen LogP contribution in [0.3, 0.4) is 0 Å². The molecule has 1 heterocycles. The molecule has 1 rings (SSSR count). The van der Waals surface area contributed by atoms with Crippen LogP contribution in [0.2, 0.25) is 0 Å². The van der Waals surface area contributed by atoms with Crippen molar-refractivity contribution in [2.45, 2.75) is 19.8 Å². The molecule has 0 aliphatic carbocycles. The van der Waals surface area contributed by atoms with Gasteiger partial charge >= 0.3 is 0 Å². The number of rotatable bonds is 1. The molecular weight excluding hydrogens is 136 g/mol. The number of hydrogen-bond donors (Lipinski definition) is 0. The second kappa shape index (κ2) is 3.11. The zero-order valence-corrected chi connectivity index (χ0v) is 7.89. The number of aryl methyl sites for hydroxylation is 1. The second-order valence-electron chi connectivity index (χ2n) is 3.01. The summed E-state index contributed by atoms with van der Waals surface area (Å²) >= 11 is 0. The molecule has 0 aliphatic rings. The van der Waals surface area contributed by atoms with Crippen molar-refractivity contribution < 1.29 is 0 Å². The zero-order chi connectivity index (χ0) is 7.56. The highest BCUT2D eigenvalue weighted by Crippen LogP contribution is 2.10. The first-order valence-corrected chi connectivity index (χ1v) is 5.85. The zero-order valence-electron chi connectivity index (χ0n) is 6.89. The van der Waals surface area contributed by atoms with Crippen molar-refractivity contribution in [3.8, 4) is 0 Å². The summed E-state index contributed by atoms with van der Waals surface area (Å²) in [5.41, 5.74) is 2.35. The van der Waals surface area contributed by atoms with Gasteiger partial charge in [-0.15, -0.1) is 0 Å². The van der Waals surface area contributed by atoms with Crippen LogP contribution in [0.15, 0.2) is 23.9 Å². The summed E-state index contributed by atoms with van der Waals surface area (Å²) in [7, 11) is -0.282. The first-order chi connectivity index (χ1) is 4.72. The van der Waals surface area contributed by atoms with E-state index in [1.807, 2.05) is 0 Å². The Morgan fingerprint density at radius 3 is 2.40 bits per heavy atom. The maximum Gasteiger partial charge on any atom is 0.0375 e. The molecule has 0 nitrogen and oxygen atoms in total. The van der Waals surface area contributed by atoms with Crippen molar-refractivity contribution in [1.29, 1.82) is 0 Å². The van der Waals surface area contributed by atoms with Gasteiger partial charge in [0.2, 0.25) is 0 Å². The Kier molecular flexibility index (Phi) is 2.38. The van der Waals surface area contributed by atoms with Crippen LogP contribution in [0.25, 0.3) is 0 Å². The minimum Gasteiger partial charge on any atom is -0.0778 e. The van der Waals surface area contributed by atoms with Gasteiger partial charge in [-0.25, -0.2) is 0 Å². The first kappa shape index (κ1) is 7.67. The van der Waals surface area contributed by atoms with E-state index in [1.165, 1.54) is 0 Å². The van der Waals surface area contributed by atoms with Gasteiger partial charge in [0.25, 0.3) is 0 Å². The molecule has 1 heteroatoms. The van der Waals surface area contributed by atoms with Crippen LogP contribution in [-0.2, 0) is 6.55 Å². The Hall–Kier alpha value is -0.433. The molecule has 0 spiro atoms. The van der Waals surface area contributed by atoms with E-state index in [2.05, 4.69) is 44.3 Å². The van der Waals surface area contributed by atoms with Gasteiger partial charge in [-0.05, 0) is 5.92 Å². The summed E-state index contributed by atoms with van der Waals surface area (Å²) in [6, 6.07) is 6.59. The SMILES string of the molecule is CC(C)c1cccc[si]1C. The van der Waals surface area contributed by atoms with E-state index >= 15 is 0 Å². The fraction of sp³-hybridized carbons (Fsp3) is 0.444. The van der Waals surface area contributed by atoms with E-state index in [9.17, 15) is 0 Å². The van der Waals surface area contributed by atoms with E-state index in [0.29, 0.717) is 0 Å². The highest BCUT2D eigenvalue weighted by molar-refractivity contribution is 6.50. The van der Waals surface area contributed by atoms with E-state index in [-0.39, 0.29) is 8.40 Å². The van der Waals surface area contributed by atoms with Crippen molar-refractivity contribution >= 4 is 8.40 Å². The molecule has 0 amide bonds. The van der Waals surface area contributed by atoms with Crippen LogP contribution >= 0.6 is 0 Å². The molecule has 54 valence electrons. The quantitative estimate of drug-likeness (QED) is 0.539. The summed E-state index contributed by atoms with van der Waals surface area (Å²) < 4.78 is 0. The third kappa shape index (κ3) is 1.54. The van der Waals surface area contributed by atoms with Gasteiger partial charge in [-0.3, -0.25) is 0 Å². The molecule has 0 unspecified atom stereocenters. The van der Waals surface area contributed by atoms with E-state index in [4.69, 9.17) is 0 Å². The normalized spacial score (nSPS) is 10.4. The van der Waals surface area contributed by atoms with Gasteiger partial charge in [0.15, 0.2) is 0 Å². The van der Waals surface area contributed by atoms with Crippen LogP contribution in [0.4, 0.5) is 0 Å². The first-order valence-electron chi connectivity index (χ1n) is 3.77. The van der Waals surface area contributed by atoms with Gasteiger partial charge < -0.3 is 0 Å². The van der Waals surface area contributed by atoms with Crippen molar-refractivity contribution in [1.82, 2.24) is 0 Å². The van der Waals surface area contributed by atoms with Crippen molar-refractivity contribution in [3.05, 3.63) is 29.1 Å². The van der Waals surface area contributed by atoms with Crippen molar-refractivity contribution in [3.63, 3.8) is 0 Å². The lowest BCUT2D eigenvalue weighted by Gasteiger charge is -2.06. The molecule has 1 aromatic rings. The summed E-state index contributed by atoms with van der Waals surface area (Å²) in [5.74, 6) is 0.736. The molecule has 0 aliphatic heterocycles. The maximum atomic E-state index is 2.35. The van der Waals surface area contributed by atoms with E-state index < -0.39 is 0 Å². The van der Waals surface area contributed by atoms with Crippen molar-refractivity contribution in [2.75, 3.05) is 0 Å². The predicted octanol–water partition coefficient (Wildman–Crippen LogP) is 2.37. The third-order valence-electron chi connectivity index (χ3n) is 1.81. The van der Waals surface area contributed by atoms with Gasteiger partial charge in [-0.1, -0.05) is 49.4 Å². The van der Waals surface area contributed by atoms with Crippen LogP contribution in [-0.4, -0.2) is 8.40 Å². The van der Waals surface area contributed by atoms with Crippen molar-refractivity contribution in [2.24, 2.45) is 6.55 Å². The molecular formula is C9H14Si. The van der Waals surface area contributed by atoms with Crippen LogP contribution in [0.1, 0.15) is 24.9 Å². The monoisotopic (exact) mass is 150 g/mol. The molecule has 0 N–H and O–H groups in total. The standard InChI is InChI=1S/C9H14Si/c1-8(2)9-6-4-5-7-10(9)3/h4-8H,1-3H3. The molecule has 0 bridgehead atoms. The molecule has 0 saturated heterocycles. The lowest BCUT2D eigenvalue weighted by atomic mass is 10.2. The highest BCUT2D eigenvalue weighted by atomic mass is 28.2. The molecule has 0 atom stereocenters. The highest BCUT2D eigenvalue weighted by Gasteiger charge is 1.99. The predicted molar refractivity (Wildman–Crippen MR) is 47.5 cm³/mol. The fourth-order valence-corrected chi connectivity index (χ4v) is 3.10. The Bertz CT molecular complexity index is 216. The lowest BCUT2D eigenvalue weighted by molar-refractivity contribution is 0.883. The summed E-state index contributed by atoms with van der Waals surface area (Å²) in [5, 5.41) is 1.65. The molecule has 10 heavy (non-hydrogen) atoms. The molecule has 0 fully saturated rings. The smallest absolute Gasteiger partial charge is 0.0375 e. The van der Waals surface area contributed by atoms with Gasteiger partial charge in [0.05, 0.1) is 0 Å². The van der Waals surface area contributed by atoms with Gasteiger partial charge in [0.1, 0.15) is 0 Å². The van der Waals surface area contributed by atoms with Crippen LogP contribution in [0, 0.1) is 0 Å². The molecule has 1 aromatic heterocycles.